The zero-order valence-corrected chi connectivity index (χ0v) is 15.5. The average Bonchev–Trinajstić information content (AvgIpc) is 3.33. The Morgan fingerprint density at radius 1 is 1.46 bits per heavy atom. The quantitative estimate of drug-likeness (QED) is 0.482. The van der Waals surface area contributed by atoms with Gasteiger partial charge in [-0.25, -0.2) is 10.1 Å². The molecule has 0 radical (unpaired) electrons. The molecule has 3 aromatic rings. The largest absolute Gasteiger partial charge is 0.378 e. The van der Waals surface area contributed by atoms with Gasteiger partial charge in [-0.2, -0.15) is 9.78 Å². The van der Waals surface area contributed by atoms with Crippen LogP contribution in [0.25, 0.3) is 5.82 Å². The van der Waals surface area contributed by atoms with Gasteiger partial charge in [0.25, 0.3) is 5.91 Å². The van der Waals surface area contributed by atoms with Crippen LogP contribution in [0.4, 0.5) is 5.82 Å². The molecule has 136 valence electrons. The SMILES string of the molecule is CCCc1c(C(=O)N/N=C(/C)c2ccc(Cl)s2)nnn1-c1nonc1N. The summed E-state index contributed by atoms with van der Waals surface area (Å²) in [5.41, 5.74) is 9.49. The molecule has 3 heterocycles. The molecule has 0 aliphatic carbocycles. The summed E-state index contributed by atoms with van der Waals surface area (Å²) in [5.74, 6) is -0.243. The van der Waals surface area contributed by atoms with E-state index < -0.39 is 5.91 Å². The molecule has 0 bridgehead atoms. The number of carbonyl (C=O) groups is 1. The number of carbonyl (C=O) groups excluding carboxylic acids is 1. The van der Waals surface area contributed by atoms with Gasteiger partial charge in [-0.3, -0.25) is 4.79 Å². The number of anilines is 1. The summed E-state index contributed by atoms with van der Waals surface area (Å²) in [6.45, 7) is 3.74. The van der Waals surface area contributed by atoms with Crippen LogP contribution in [0.15, 0.2) is 21.9 Å². The van der Waals surface area contributed by atoms with Crippen molar-refractivity contribution >= 4 is 40.4 Å². The molecular weight excluding hydrogens is 380 g/mol. The summed E-state index contributed by atoms with van der Waals surface area (Å²) in [4.78, 5) is 13.4. The molecule has 10 nitrogen and oxygen atoms in total. The predicted octanol–water partition coefficient (Wildman–Crippen LogP) is 2.05. The Labute approximate surface area is 157 Å². The van der Waals surface area contributed by atoms with E-state index in [-0.39, 0.29) is 17.3 Å². The maximum atomic E-state index is 12.5. The van der Waals surface area contributed by atoms with Crippen molar-refractivity contribution < 1.29 is 9.42 Å². The highest BCUT2D eigenvalue weighted by atomic mass is 35.5. The standard InChI is InChI=1S/C14H15ClN8O2S/c1-3-4-8-11(18-22-23(8)13-12(16)20-25-21-13)14(24)19-17-7(2)9-5-6-10(15)26-9/h5-6H,3-4H2,1-2H3,(H2,16,20)(H,19,24)/b17-7-. The topological polar surface area (TPSA) is 137 Å². The summed E-state index contributed by atoms with van der Waals surface area (Å²) < 4.78 is 6.58. The van der Waals surface area contributed by atoms with Crippen molar-refractivity contribution in [1.82, 2.24) is 30.7 Å². The second-order valence-corrected chi connectivity index (χ2v) is 6.98. The van der Waals surface area contributed by atoms with E-state index in [2.05, 4.69) is 35.8 Å². The Morgan fingerprint density at radius 2 is 2.27 bits per heavy atom. The van der Waals surface area contributed by atoms with Crippen molar-refractivity contribution in [2.45, 2.75) is 26.7 Å². The first-order chi connectivity index (χ1) is 12.5. The first kappa shape index (κ1) is 18.0. The minimum absolute atomic E-state index is 0.0580. The lowest BCUT2D eigenvalue weighted by atomic mass is 10.2. The smallest absolute Gasteiger partial charge is 0.293 e. The van der Waals surface area contributed by atoms with Crippen molar-refractivity contribution in [3.8, 4) is 5.82 Å². The molecule has 0 saturated carbocycles. The van der Waals surface area contributed by atoms with Gasteiger partial charge >= 0.3 is 0 Å². The third-order valence-corrected chi connectivity index (χ3v) is 4.76. The fraction of sp³-hybridized carbons (Fsp3) is 0.286. The van der Waals surface area contributed by atoms with E-state index in [1.807, 2.05) is 13.0 Å². The second-order valence-electron chi connectivity index (χ2n) is 5.26. The Kier molecular flexibility index (Phi) is 5.28. The van der Waals surface area contributed by atoms with Crippen molar-refractivity contribution in [2.24, 2.45) is 5.10 Å². The average molecular weight is 395 g/mol. The van der Waals surface area contributed by atoms with Crippen LogP contribution in [0.3, 0.4) is 0 Å². The van der Waals surface area contributed by atoms with Crippen LogP contribution in [-0.2, 0) is 6.42 Å². The van der Waals surface area contributed by atoms with Crippen LogP contribution in [0.1, 0.15) is 41.3 Å². The van der Waals surface area contributed by atoms with Crippen LogP contribution in [0, 0.1) is 0 Å². The van der Waals surface area contributed by atoms with Gasteiger partial charge in [0, 0.05) is 0 Å². The number of hydrazone groups is 1. The molecule has 0 unspecified atom stereocenters. The van der Waals surface area contributed by atoms with Crippen LogP contribution >= 0.6 is 22.9 Å². The number of amides is 1. The van der Waals surface area contributed by atoms with Gasteiger partial charge < -0.3 is 5.73 Å². The van der Waals surface area contributed by atoms with Gasteiger partial charge in [0.2, 0.25) is 11.6 Å². The lowest BCUT2D eigenvalue weighted by Gasteiger charge is -2.04. The van der Waals surface area contributed by atoms with Crippen molar-refractivity contribution in [3.05, 3.63) is 32.7 Å². The highest BCUT2D eigenvalue weighted by Crippen LogP contribution is 2.22. The molecule has 3 rings (SSSR count). The maximum absolute atomic E-state index is 12.5. The van der Waals surface area contributed by atoms with Gasteiger partial charge in [-0.1, -0.05) is 30.2 Å². The van der Waals surface area contributed by atoms with Gasteiger partial charge in [-0.15, -0.1) is 16.4 Å². The molecule has 26 heavy (non-hydrogen) atoms. The monoisotopic (exact) mass is 394 g/mol. The number of aromatic nitrogens is 5. The molecule has 3 aromatic heterocycles. The van der Waals surface area contributed by atoms with E-state index in [0.717, 1.165) is 11.3 Å². The van der Waals surface area contributed by atoms with E-state index in [1.165, 1.54) is 16.0 Å². The highest BCUT2D eigenvalue weighted by molar-refractivity contribution is 7.18. The Morgan fingerprint density at radius 3 is 2.88 bits per heavy atom. The van der Waals surface area contributed by atoms with E-state index >= 15 is 0 Å². The third-order valence-electron chi connectivity index (χ3n) is 3.42. The lowest BCUT2D eigenvalue weighted by Crippen LogP contribution is -2.21. The minimum Gasteiger partial charge on any atom is -0.378 e. The maximum Gasteiger partial charge on any atom is 0.293 e. The van der Waals surface area contributed by atoms with Crippen LogP contribution in [0.2, 0.25) is 4.34 Å². The summed E-state index contributed by atoms with van der Waals surface area (Å²) in [6, 6.07) is 3.60. The predicted molar refractivity (Wildman–Crippen MR) is 96.6 cm³/mol. The number of hydrogen-bond donors (Lipinski definition) is 2. The molecule has 0 aromatic carbocycles. The molecule has 3 N–H and O–H groups in total. The van der Waals surface area contributed by atoms with Crippen molar-refractivity contribution in [1.29, 1.82) is 0 Å². The van der Waals surface area contributed by atoms with Crippen LogP contribution < -0.4 is 11.2 Å². The Bertz CT molecular complexity index is 960. The molecule has 0 saturated heterocycles. The molecule has 12 heteroatoms. The molecule has 0 fully saturated rings. The number of halogens is 1. The number of thiophene rings is 1. The van der Waals surface area contributed by atoms with Gasteiger partial charge in [-0.05, 0) is 35.8 Å². The Hall–Kier alpha value is -2.79. The highest BCUT2D eigenvalue weighted by Gasteiger charge is 2.23. The van der Waals surface area contributed by atoms with Crippen molar-refractivity contribution in [2.75, 3.05) is 5.73 Å². The van der Waals surface area contributed by atoms with E-state index in [4.69, 9.17) is 17.3 Å². The van der Waals surface area contributed by atoms with Crippen LogP contribution in [0.5, 0.6) is 0 Å². The van der Waals surface area contributed by atoms with Crippen LogP contribution in [-0.4, -0.2) is 36.9 Å². The fourth-order valence-electron chi connectivity index (χ4n) is 2.20. The zero-order valence-electron chi connectivity index (χ0n) is 13.9. The molecule has 0 atom stereocenters. The van der Waals surface area contributed by atoms with E-state index in [1.54, 1.807) is 13.0 Å². The van der Waals surface area contributed by atoms with E-state index in [9.17, 15) is 4.79 Å². The summed E-state index contributed by atoms with van der Waals surface area (Å²) in [7, 11) is 0. The number of nitrogens with one attached hydrogen (secondary N) is 1. The lowest BCUT2D eigenvalue weighted by molar-refractivity contribution is 0.0948. The van der Waals surface area contributed by atoms with Gasteiger partial charge in [0.05, 0.1) is 20.6 Å². The minimum atomic E-state index is -0.489. The first-order valence-corrected chi connectivity index (χ1v) is 8.84. The summed E-state index contributed by atoms with van der Waals surface area (Å²) >= 11 is 7.28. The van der Waals surface area contributed by atoms with Gasteiger partial charge in [0.1, 0.15) is 0 Å². The third kappa shape index (κ3) is 3.58. The fourth-order valence-corrected chi connectivity index (χ4v) is 3.19. The zero-order chi connectivity index (χ0) is 18.7. The first-order valence-electron chi connectivity index (χ1n) is 7.64. The number of nitrogen functional groups attached to an aromatic ring is 1. The number of nitrogens with two attached hydrogens (primary N) is 1. The van der Waals surface area contributed by atoms with E-state index in [0.29, 0.717) is 22.2 Å². The summed E-state index contributed by atoms with van der Waals surface area (Å²) in [6.07, 6.45) is 1.29. The number of hydrogen-bond acceptors (Lipinski definition) is 9. The molecule has 0 aliphatic rings. The van der Waals surface area contributed by atoms with Crippen molar-refractivity contribution in [3.63, 3.8) is 0 Å². The molecule has 0 aliphatic heterocycles. The number of nitrogens with zero attached hydrogens (tertiary/aromatic N) is 6. The normalized spacial score (nSPS) is 11.7. The molecular formula is C14H15ClN8O2S. The van der Waals surface area contributed by atoms with Gasteiger partial charge in [0.15, 0.2) is 5.69 Å². The Balaban J connectivity index is 1.85. The second kappa shape index (κ2) is 7.62. The molecule has 0 spiro atoms. The summed E-state index contributed by atoms with van der Waals surface area (Å²) in [5, 5.41) is 19.2. The molecule has 1 amide bonds. The number of rotatable bonds is 6.